The number of carbonyl (C=O) groups is 3. The van der Waals surface area contributed by atoms with Gasteiger partial charge in [0.05, 0.1) is 0 Å². The highest BCUT2D eigenvalue weighted by molar-refractivity contribution is 7.94. The molecule has 3 N–H and O–H groups in total. The second-order valence-electron chi connectivity index (χ2n) is 9.01. The van der Waals surface area contributed by atoms with E-state index in [9.17, 15) is 23.3 Å². The van der Waals surface area contributed by atoms with Crippen molar-refractivity contribution >= 4 is 47.4 Å². The lowest BCUT2D eigenvalue weighted by Crippen LogP contribution is -2.48. The van der Waals surface area contributed by atoms with E-state index in [1.807, 2.05) is 31.2 Å². The number of hydrogen-bond acceptors (Lipinski definition) is 5. The maximum atomic E-state index is 14.2. The second-order valence-corrected chi connectivity index (χ2v) is 10.2. The molecular formula is C27H31ClFN3O4S. The molecule has 4 atom stereocenters. The molecule has 1 aromatic rings. The van der Waals surface area contributed by atoms with Crippen LogP contribution in [0.4, 0.5) is 4.39 Å². The molecule has 3 amide bonds. The number of amides is 3. The lowest BCUT2D eigenvalue weighted by atomic mass is 9.96. The quantitative estimate of drug-likeness (QED) is 0.172. The molecule has 37 heavy (non-hydrogen) atoms. The van der Waals surface area contributed by atoms with Crippen LogP contribution in [0, 0.1) is 17.7 Å². The van der Waals surface area contributed by atoms with Gasteiger partial charge in [-0.3, -0.25) is 14.4 Å². The molecular weight excluding hydrogens is 517 g/mol. The Morgan fingerprint density at radius 1 is 1.38 bits per heavy atom. The van der Waals surface area contributed by atoms with Crippen molar-refractivity contribution in [2.24, 2.45) is 11.8 Å². The molecule has 0 unspecified atom stereocenters. The normalized spacial score (nSPS) is 22.8. The number of nitrogens with one attached hydrogen (secondary N) is 2. The fraction of sp³-hybridized carbons (Fsp3) is 0.370. The maximum Gasteiger partial charge on any atom is 0.247 e. The number of allylic oxidation sites excluding steroid dienone is 4. The van der Waals surface area contributed by atoms with E-state index >= 15 is 0 Å². The highest BCUT2D eigenvalue weighted by Gasteiger charge is 2.40. The van der Waals surface area contributed by atoms with Crippen molar-refractivity contribution in [1.82, 2.24) is 15.5 Å². The summed E-state index contributed by atoms with van der Waals surface area (Å²) in [6, 6.07) is 3.33. The molecule has 0 radical (unpaired) electrons. The van der Waals surface area contributed by atoms with Gasteiger partial charge in [0.25, 0.3) is 0 Å². The first-order chi connectivity index (χ1) is 17.7. The van der Waals surface area contributed by atoms with Crippen molar-refractivity contribution in [2.45, 2.75) is 37.6 Å². The van der Waals surface area contributed by atoms with E-state index in [0.29, 0.717) is 31.4 Å². The molecule has 0 spiro atoms. The molecule has 3 rings (SSSR count). The number of halogens is 2. The summed E-state index contributed by atoms with van der Waals surface area (Å²) >= 11 is 6.27. The van der Waals surface area contributed by atoms with Gasteiger partial charge in [-0.15, -0.1) is 0 Å². The summed E-state index contributed by atoms with van der Waals surface area (Å²) in [5.74, 6) is -2.01. The van der Waals surface area contributed by atoms with Gasteiger partial charge in [0.15, 0.2) is 0 Å². The second kappa shape index (κ2) is 13.6. The summed E-state index contributed by atoms with van der Waals surface area (Å²) in [4.78, 5) is 39.8. The van der Waals surface area contributed by atoms with E-state index in [2.05, 4.69) is 17.2 Å². The zero-order valence-electron chi connectivity index (χ0n) is 20.5. The zero-order valence-corrected chi connectivity index (χ0v) is 22.1. The Morgan fingerprint density at radius 2 is 2.16 bits per heavy atom. The fourth-order valence-corrected chi connectivity index (χ4v) is 5.07. The topological polar surface area (TPSA) is 98.7 Å². The van der Waals surface area contributed by atoms with Crippen molar-refractivity contribution in [3.05, 3.63) is 77.1 Å². The first kappa shape index (κ1) is 28.7. The van der Waals surface area contributed by atoms with Crippen molar-refractivity contribution in [3.63, 3.8) is 0 Å². The van der Waals surface area contributed by atoms with Gasteiger partial charge in [0.1, 0.15) is 17.2 Å². The minimum absolute atomic E-state index is 0.102. The van der Waals surface area contributed by atoms with Crippen LogP contribution in [0.1, 0.15) is 31.7 Å². The summed E-state index contributed by atoms with van der Waals surface area (Å²) in [6.07, 6.45) is 11.3. The molecule has 10 heteroatoms. The van der Waals surface area contributed by atoms with Gasteiger partial charge in [-0.25, -0.2) is 4.39 Å². The minimum atomic E-state index is -0.823. The van der Waals surface area contributed by atoms with Gasteiger partial charge >= 0.3 is 0 Å². The highest BCUT2D eigenvalue weighted by Crippen LogP contribution is 2.30. The molecule has 0 saturated carbocycles. The zero-order chi connectivity index (χ0) is 26.9. The van der Waals surface area contributed by atoms with E-state index in [0.717, 1.165) is 11.6 Å². The molecule has 1 aromatic carbocycles. The summed E-state index contributed by atoms with van der Waals surface area (Å²) in [5.41, 5.74) is 0.967. The molecule has 198 valence electrons. The van der Waals surface area contributed by atoms with Gasteiger partial charge in [-0.1, -0.05) is 54.1 Å². The third-order valence-electron chi connectivity index (χ3n) is 6.48. The Kier molecular flexibility index (Phi) is 10.5. The fourth-order valence-electron chi connectivity index (χ4n) is 4.43. The van der Waals surface area contributed by atoms with Crippen LogP contribution in [-0.4, -0.2) is 51.7 Å². The molecule has 7 nitrogen and oxygen atoms in total. The molecule has 0 aromatic heterocycles. The van der Waals surface area contributed by atoms with Crippen LogP contribution in [-0.2, 0) is 14.4 Å². The third kappa shape index (κ3) is 7.80. The van der Waals surface area contributed by atoms with Gasteiger partial charge in [0.2, 0.25) is 17.7 Å². The first-order valence-electron chi connectivity index (χ1n) is 12.0. The van der Waals surface area contributed by atoms with Crippen LogP contribution in [0.3, 0.4) is 0 Å². The van der Waals surface area contributed by atoms with Crippen molar-refractivity contribution in [2.75, 3.05) is 13.1 Å². The van der Waals surface area contributed by atoms with Gasteiger partial charge in [0, 0.05) is 53.6 Å². The van der Waals surface area contributed by atoms with E-state index in [4.69, 9.17) is 11.6 Å². The monoisotopic (exact) mass is 547 g/mol. The number of likely N-dealkylation sites (tertiary alicyclic amines) is 1. The number of carbonyl (C=O) groups excluding carboxylic acids is 3. The lowest BCUT2D eigenvalue weighted by molar-refractivity contribution is -0.135. The Balaban J connectivity index is 1.76. The summed E-state index contributed by atoms with van der Waals surface area (Å²) in [7, 11) is 0. The van der Waals surface area contributed by atoms with Gasteiger partial charge in [-0.2, -0.15) is 0 Å². The van der Waals surface area contributed by atoms with E-state index in [1.54, 1.807) is 0 Å². The Bertz CT molecular complexity index is 1120. The highest BCUT2D eigenvalue weighted by atomic mass is 35.5. The number of nitrogens with zero attached hydrogens (tertiary/aromatic N) is 1. The van der Waals surface area contributed by atoms with Crippen molar-refractivity contribution < 1.29 is 23.3 Å². The van der Waals surface area contributed by atoms with Crippen molar-refractivity contribution in [3.8, 4) is 0 Å². The molecule has 2 saturated heterocycles. The number of hydrogen-bond donors (Lipinski definition) is 3. The molecule has 0 aliphatic carbocycles. The number of benzene rings is 1. The average Bonchev–Trinajstić information content (AvgIpc) is 3.49. The summed E-state index contributed by atoms with van der Waals surface area (Å²) in [5, 5.41) is 5.08. The Hall–Kier alpha value is -2.88. The van der Waals surface area contributed by atoms with Gasteiger partial charge < -0.3 is 20.1 Å². The van der Waals surface area contributed by atoms with Crippen molar-refractivity contribution in [1.29, 1.82) is 0 Å². The largest absolute Gasteiger partial charge is 0.356 e. The molecule has 0 bridgehead atoms. The van der Waals surface area contributed by atoms with Crippen LogP contribution >= 0.6 is 23.6 Å². The smallest absolute Gasteiger partial charge is 0.247 e. The predicted molar refractivity (Wildman–Crippen MR) is 145 cm³/mol. The predicted octanol–water partition coefficient (Wildman–Crippen LogP) is 4.57. The van der Waals surface area contributed by atoms with Crippen LogP contribution < -0.4 is 10.6 Å². The molecule has 2 aliphatic rings. The Labute approximate surface area is 225 Å². The van der Waals surface area contributed by atoms with Crippen LogP contribution in [0.2, 0.25) is 5.02 Å². The third-order valence-corrected chi connectivity index (χ3v) is 7.28. The van der Waals surface area contributed by atoms with Crippen LogP contribution in [0.5, 0.6) is 0 Å². The maximum absolute atomic E-state index is 14.2. The van der Waals surface area contributed by atoms with Gasteiger partial charge in [-0.05, 0) is 44.4 Å². The first-order valence-corrected chi connectivity index (χ1v) is 13.2. The number of rotatable bonds is 10. The van der Waals surface area contributed by atoms with Crippen LogP contribution in [0.25, 0.3) is 6.08 Å². The summed E-state index contributed by atoms with van der Waals surface area (Å²) < 4.78 is 23.9. The van der Waals surface area contributed by atoms with E-state index in [-0.39, 0.29) is 41.3 Å². The average molecular weight is 548 g/mol. The SMILES string of the molecule is C=C(/C=C\C=C/C)[C@@H]1C[C@@H](C(=O)N[C@@H](C[C@@H]2CCNC2=O)SO)N(C(=O)/C=C/c2ccc(Cl)cc2F)C1. The van der Waals surface area contributed by atoms with E-state index < -0.39 is 29.0 Å². The molecule has 2 heterocycles. The van der Waals surface area contributed by atoms with Crippen LogP contribution in [0.15, 0.2) is 60.7 Å². The summed E-state index contributed by atoms with van der Waals surface area (Å²) in [6.45, 7) is 6.82. The molecule has 2 aliphatic heterocycles. The Morgan fingerprint density at radius 3 is 2.81 bits per heavy atom. The lowest BCUT2D eigenvalue weighted by Gasteiger charge is -2.25. The standard InChI is InChI=1S/C27H31ClFN3O4S/c1-3-4-5-6-17(2)20-13-23(27(35)31-24(37-36)14-19-11-12-30-26(19)34)32(16-20)25(33)10-8-18-7-9-21(28)15-22(18)29/h3-10,15,19-20,23-24,36H,2,11-14,16H2,1H3,(H,30,34)(H,31,35)/b4-3-,6-5-,10-8+/t19-,20+,23-,24+/m0/s1. The van der Waals surface area contributed by atoms with E-state index in [1.165, 1.54) is 29.2 Å². The minimum Gasteiger partial charge on any atom is -0.356 e. The molecule has 2 fully saturated rings.